The first-order chi connectivity index (χ1) is 15.1. The number of guanidine groups is 1. The lowest BCUT2D eigenvalue weighted by atomic mass is 9.90. The number of para-hydroxylation sites is 1. The SMILES string of the molecule is CN=C(NCC1CC(=O)Nc2ccccc21)NCC(c1cccs1)N1CCOC(C)C1.I. The van der Waals surface area contributed by atoms with Gasteiger partial charge in [0.05, 0.1) is 18.8 Å². The van der Waals surface area contributed by atoms with Crippen molar-refractivity contribution in [3.8, 4) is 0 Å². The topological polar surface area (TPSA) is 78.0 Å². The van der Waals surface area contributed by atoms with Crippen LogP contribution in [-0.4, -0.2) is 62.7 Å². The van der Waals surface area contributed by atoms with E-state index in [4.69, 9.17) is 4.74 Å². The van der Waals surface area contributed by atoms with Gasteiger partial charge in [-0.25, -0.2) is 0 Å². The van der Waals surface area contributed by atoms with Crippen LogP contribution in [0.4, 0.5) is 5.69 Å². The van der Waals surface area contributed by atoms with Crippen molar-refractivity contribution < 1.29 is 9.53 Å². The summed E-state index contributed by atoms with van der Waals surface area (Å²) < 4.78 is 5.74. The van der Waals surface area contributed by atoms with E-state index in [0.29, 0.717) is 13.0 Å². The fourth-order valence-corrected chi connectivity index (χ4v) is 5.20. The molecule has 1 aromatic heterocycles. The molecule has 3 unspecified atom stereocenters. The third-order valence-corrected chi connectivity index (χ3v) is 6.87. The summed E-state index contributed by atoms with van der Waals surface area (Å²) in [5, 5.41) is 12.0. The van der Waals surface area contributed by atoms with Crippen LogP contribution in [0.2, 0.25) is 0 Å². The van der Waals surface area contributed by atoms with E-state index in [1.54, 1.807) is 18.4 Å². The number of ether oxygens (including phenoxy) is 1. The van der Waals surface area contributed by atoms with Crippen molar-refractivity contribution >= 4 is 52.9 Å². The lowest BCUT2D eigenvalue weighted by Gasteiger charge is -2.37. The lowest BCUT2D eigenvalue weighted by Crippen LogP contribution is -2.48. The molecule has 1 amide bonds. The molecule has 0 spiro atoms. The number of hydrogen-bond acceptors (Lipinski definition) is 5. The predicted molar refractivity (Wildman–Crippen MR) is 141 cm³/mol. The number of benzene rings is 1. The molecule has 2 aromatic rings. The van der Waals surface area contributed by atoms with Crippen LogP contribution in [0.3, 0.4) is 0 Å². The molecular weight excluding hydrogens is 537 g/mol. The van der Waals surface area contributed by atoms with Crippen molar-refractivity contribution in [1.82, 2.24) is 15.5 Å². The molecule has 3 heterocycles. The maximum atomic E-state index is 12.1. The first-order valence-corrected chi connectivity index (χ1v) is 11.7. The third-order valence-electron chi connectivity index (χ3n) is 5.89. The van der Waals surface area contributed by atoms with Crippen molar-refractivity contribution in [2.75, 3.05) is 45.2 Å². The van der Waals surface area contributed by atoms with E-state index in [1.807, 2.05) is 18.2 Å². The molecular formula is C23H32IN5O2S. The van der Waals surface area contributed by atoms with Gasteiger partial charge in [-0.15, -0.1) is 35.3 Å². The Balaban J connectivity index is 0.00000289. The van der Waals surface area contributed by atoms with Crippen molar-refractivity contribution in [3.63, 3.8) is 0 Å². The highest BCUT2D eigenvalue weighted by atomic mass is 127. The molecule has 9 heteroatoms. The van der Waals surface area contributed by atoms with Crippen LogP contribution in [0.15, 0.2) is 46.8 Å². The Kier molecular flexibility index (Phi) is 9.33. The van der Waals surface area contributed by atoms with Gasteiger partial charge in [-0.3, -0.25) is 14.7 Å². The molecule has 2 aliphatic heterocycles. The van der Waals surface area contributed by atoms with Gasteiger partial charge in [0.15, 0.2) is 5.96 Å². The van der Waals surface area contributed by atoms with E-state index < -0.39 is 0 Å². The summed E-state index contributed by atoms with van der Waals surface area (Å²) in [5.74, 6) is 0.940. The predicted octanol–water partition coefficient (Wildman–Crippen LogP) is 3.42. The molecule has 0 saturated carbocycles. The summed E-state index contributed by atoms with van der Waals surface area (Å²) in [4.78, 5) is 20.3. The van der Waals surface area contributed by atoms with Crippen molar-refractivity contribution in [2.45, 2.75) is 31.4 Å². The van der Waals surface area contributed by atoms with Crippen LogP contribution in [-0.2, 0) is 9.53 Å². The van der Waals surface area contributed by atoms with Crippen LogP contribution in [0.5, 0.6) is 0 Å². The Morgan fingerprint density at radius 1 is 1.31 bits per heavy atom. The standard InChI is InChI=1S/C23H31N5O2S.HI/c1-16-15-28(9-10-30-16)20(21-8-5-11-31-21)14-26-23(24-2)25-13-17-12-22(29)27-19-7-4-3-6-18(17)19;/h3-8,11,16-17,20H,9-10,12-15H2,1-2H3,(H,27,29)(H2,24,25,26);1H. The Morgan fingerprint density at radius 3 is 2.91 bits per heavy atom. The zero-order valence-corrected chi connectivity index (χ0v) is 21.7. The number of halogens is 1. The van der Waals surface area contributed by atoms with Crippen molar-refractivity contribution in [3.05, 3.63) is 52.2 Å². The number of nitrogens with one attached hydrogen (secondary N) is 3. The van der Waals surface area contributed by atoms with E-state index >= 15 is 0 Å². The highest BCUT2D eigenvalue weighted by Gasteiger charge is 2.27. The first kappa shape index (κ1) is 24.9. The minimum Gasteiger partial charge on any atom is -0.376 e. The number of thiophene rings is 1. The van der Waals surface area contributed by atoms with E-state index in [1.165, 1.54) is 10.4 Å². The number of nitrogens with zero attached hydrogens (tertiary/aromatic N) is 2. The molecule has 0 radical (unpaired) electrons. The van der Waals surface area contributed by atoms with Gasteiger partial charge in [0, 0.05) is 56.1 Å². The zero-order valence-electron chi connectivity index (χ0n) is 18.5. The smallest absolute Gasteiger partial charge is 0.225 e. The number of carbonyl (C=O) groups excluding carboxylic acids is 1. The van der Waals surface area contributed by atoms with Crippen LogP contribution in [0, 0.1) is 0 Å². The van der Waals surface area contributed by atoms with E-state index in [9.17, 15) is 4.79 Å². The van der Waals surface area contributed by atoms with Crippen LogP contribution in [0.25, 0.3) is 0 Å². The average Bonchev–Trinajstić information content (AvgIpc) is 3.30. The first-order valence-electron chi connectivity index (χ1n) is 10.9. The minimum absolute atomic E-state index is 0. The van der Waals surface area contributed by atoms with Crippen LogP contribution >= 0.6 is 35.3 Å². The molecule has 174 valence electrons. The van der Waals surface area contributed by atoms with Gasteiger partial charge in [-0.2, -0.15) is 0 Å². The molecule has 1 fully saturated rings. The second-order valence-corrected chi connectivity index (χ2v) is 9.06. The van der Waals surface area contributed by atoms with Gasteiger partial charge in [0.25, 0.3) is 0 Å². The Hall–Kier alpha value is -1.69. The quantitative estimate of drug-likeness (QED) is 0.283. The number of carbonyl (C=O) groups is 1. The number of aliphatic imine (C=N–C) groups is 1. The molecule has 7 nitrogen and oxygen atoms in total. The number of amides is 1. The summed E-state index contributed by atoms with van der Waals surface area (Å²) in [6.07, 6.45) is 0.719. The second-order valence-electron chi connectivity index (χ2n) is 8.08. The van der Waals surface area contributed by atoms with Crippen LogP contribution < -0.4 is 16.0 Å². The van der Waals surface area contributed by atoms with Crippen molar-refractivity contribution in [2.24, 2.45) is 4.99 Å². The number of rotatable bonds is 6. The molecule has 1 aromatic carbocycles. The van der Waals surface area contributed by atoms with Gasteiger partial charge in [-0.1, -0.05) is 24.3 Å². The molecule has 4 rings (SSSR count). The monoisotopic (exact) mass is 569 g/mol. The highest BCUT2D eigenvalue weighted by molar-refractivity contribution is 14.0. The number of morpholine rings is 1. The Morgan fingerprint density at radius 2 is 2.16 bits per heavy atom. The summed E-state index contributed by atoms with van der Waals surface area (Å²) in [7, 11) is 1.79. The minimum atomic E-state index is 0. The highest BCUT2D eigenvalue weighted by Crippen LogP contribution is 2.31. The number of hydrogen-bond donors (Lipinski definition) is 3. The zero-order chi connectivity index (χ0) is 21.6. The maximum Gasteiger partial charge on any atom is 0.225 e. The summed E-state index contributed by atoms with van der Waals surface area (Å²) in [6.45, 7) is 6.15. The number of anilines is 1. The maximum absolute atomic E-state index is 12.1. The second kappa shape index (κ2) is 12.0. The van der Waals surface area contributed by atoms with Gasteiger partial charge in [-0.05, 0) is 30.0 Å². The fraction of sp³-hybridized carbons (Fsp3) is 0.478. The summed E-state index contributed by atoms with van der Waals surface area (Å²) in [6, 6.07) is 12.6. The normalized spacial score (nSPS) is 22.3. The largest absolute Gasteiger partial charge is 0.376 e. The Bertz CT molecular complexity index is 908. The molecule has 0 bridgehead atoms. The van der Waals surface area contributed by atoms with Gasteiger partial charge < -0.3 is 20.7 Å². The van der Waals surface area contributed by atoms with E-state index in [2.05, 4.69) is 56.3 Å². The molecule has 0 aliphatic carbocycles. The van der Waals surface area contributed by atoms with E-state index in [-0.39, 0.29) is 47.9 Å². The summed E-state index contributed by atoms with van der Waals surface area (Å²) >= 11 is 1.79. The molecule has 32 heavy (non-hydrogen) atoms. The molecule has 3 N–H and O–H groups in total. The van der Waals surface area contributed by atoms with Gasteiger partial charge in [0.2, 0.25) is 5.91 Å². The number of fused-ring (bicyclic) bond motifs is 1. The fourth-order valence-electron chi connectivity index (χ4n) is 4.34. The lowest BCUT2D eigenvalue weighted by molar-refractivity contribution is -0.116. The molecule has 1 saturated heterocycles. The van der Waals surface area contributed by atoms with Crippen molar-refractivity contribution in [1.29, 1.82) is 0 Å². The van der Waals surface area contributed by atoms with Crippen LogP contribution in [0.1, 0.15) is 35.7 Å². The van der Waals surface area contributed by atoms with Gasteiger partial charge >= 0.3 is 0 Å². The van der Waals surface area contributed by atoms with Gasteiger partial charge in [0.1, 0.15) is 0 Å². The Labute approximate surface area is 211 Å². The van der Waals surface area contributed by atoms with E-state index in [0.717, 1.165) is 37.9 Å². The summed E-state index contributed by atoms with van der Waals surface area (Å²) in [5.41, 5.74) is 2.08. The third kappa shape index (κ3) is 6.21. The molecule has 2 aliphatic rings. The molecule has 3 atom stereocenters. The average molecular weight is 570 g/mol.